The first-order chi connectivity index (χ1) is 11.8. The molecule has 0 aromatic carbocycles. The lowest BCUT2D eigenvalue weighted by atomic mass is 10.2. The number of aliphatic imine (C=N–C) groups is 1. The van der Waals surface area contributed by atoms with Gasteiger partial charge in [0, 0.05) is 32.6 Å². The van der Waals surface area contributed by atoms with Gasteiger partial charge in [-0.2, -0.15) is 0 Å². The maximum atomic E-state index is 11.6. The summed E-state index contributed by atoms with van der Waals surface area (Å²) in [6, 6.07) is 0.462. The summed E-state index contributed by atoms with van der Waals surface area (Å²) in [5.41, 5.74) is 0. The zero-order chi connectivity index (χ0) is 17.0. The predicted molar refractivity (Wildman–Crippen MR) is 99.3 cm³/mol. The Bertz CT molecular complexity index is 387. The van der Waals surface area contributed by atoms with Gasteiger partial charge in [0.15, 0.2) is 5.96 Å². The fraction of sp³-hybridized carbons (Fsp3) is 0.889. The monoisotopic (exact) mass is 337 g/mol. The third-order valence-electron chi connectivity index (χ3n) is 4.68. The Labute approximate surface area is 146 Å². The van der Waals surface area contributed by atoms with E-state index in [4.69, 9.17) is 0 Å². The van der Waals surface area contributed by atoms with E-state index < -0.39 is 0 Å². The molecule has 6 heteroatoms. The van der Waals surface area contributed by atoms with Crippen molar-refractivity contribution in [2.75, 3.05) is 39.8 Å². The largest absolute Gasteiger partial charge is 0.356 e. The fourth-order valence-corrected chi connectivity index (χ4v) is 3.07. The molecule has 0 aromatic rings. The van der Waals surface area contributed by atoms with Crippen molar-refractivity contribution < 1.29 is 4.79 Å². The first-order valence-corrected chi connectivity index (χ1v) is 9.74. The fourth-order valence-electron chi connectivity index (χ4n) is 3.07. The number of guanidine groups is 1. The normalized spacial score (nSPS) is 19.6. The van der Waals surface area contributed by atoms with Crippen LogP contribution < -0.4 is 16.0 Å². The predicted octanol–water partition coefficient (Wildman–Crippen LogP) is 1.48. The second-order valence-electron chi connectivity index (χ2n) is 6.98. The van der Waals surface area contributed by atoms with Crippen molar-refractivity contribution in [3.05, 3.63) is 0 Å². The number of likely N-dealkylation sites (tertiary alicyclic amines) is 1. The number of hydrogen-bond acceptors (Lipinski definition) is 3. The van der Waals surface area contributed by atoms with Crippen LogP contribution in [0.4, 0.5) is 0 Å². The quantitative estimate of drug-likeness (QED) is 0.339. The van der Waals surface area contributed by atoms with Crippen LogP contribution in [0.1, 0.15) is 57.8 Å². The van der Waals surface area contributed by atoms with Gasteiger partial charge >= 0.3 is 0 Å². The molecule has 1 heterocycles. The van der Waals surface area contributed by atoms with Crippen LogP contribution in [0.2, 0.25) is 0 Å². The van der Waals surface area contributed by atoms with Gasteiger partial charge in [-0.1, -0.05) is 12.8 Å². The maximum absolute atomic E-state index is 11.6. The molecule has 6 nitrogen and oxygen atoms in total. The summed E-state index contributed by atoms with van der Waals surface area (Å²) in [5, 5.41) is 9.67. The first-order valence-electron chi connectivity index (χ1n) is 9.74. The number of nitrogens with one attached hydrogen (secondary N) is 3. The Morgan fingerprint density at radius 1 is 1.04 bits per heavy atom. The van der Waals surface area contributed by atoms with Gasteiger partial charge in [-0.15, -0.1) is 0 Å². The topological polar surface area (TPSA) is 68.8 Å². The zero-order valence-electron chi connectivity index (χ0n) is 15.3. The average Bonchev–Trinajstić information content (AvgIpc) is 3.41. The lowest BCUT2D eigenvalue weighted by molar-refractivity contribution is -0.121. The van der Waals surface area contributed by atoms with Gasteiger partial charge in [0.2, 0.25) is 5.91 Å². The van der Waals surface area contributed by atoms with E-state index in [2.05, 4.69) is 25.8 Å². The average molecular weight is 338 g/mol. The molecule has 138 valence electrons. The highest BCUT2D eigenvalue weighted by Crippen LogP contribution is 2.18. The molecule has 0 aromatic heterocycles. The van der Waals surface area contributed by atoms with Crippen molar-refractivity contribution in [2.24, 2.45) is 4.99 Å². The van der Waals surface area contributed by atoms with Crippen molar-refractivity contribution in [3.63, 3.8) is 0 Å². The van der Waals surface area contributed by atoms with E-state index in [1.54, 1.807) is 7.05 Å². The molecule has 3 N–H and O–H groups in total. The second-order valence-corrected chi connectivity index (χ2v) is 6.98. The molecule has 1 aliphatic heterocycles. The Morgan fingerprint density at radius 3 is 2.33 bits per heavy atom. The number of carbonyl (C=O) groups is 1. The first kappa shape index (κ1) is 19.0. The number of nitrogens with zero attached hydrogens (tertiary/aromatic N) is 2. The van der Waals surface area contributed by atoms with Crippen molar-refractivity contribution >= 4 is 11.9 Å². The van der Waals surface area contributed by atoms with Crippen molar-refractivity contribution in [1.29, 1.82) is 0 Å². The molecular weight excluding hydrogens is 302 g/mol. The molecule has 0 radical (unpaired) electrons. The molecule has 2 rings (SSSR count). The van der Waals surface area contributed by atoms with Crippen molar-refractivity contribution in [1.82, 2.24) is 20.9 Å². The SMILES string of the molecule is CN=C(NCCCC(=O)NC1CC1)NCCCN1CCCCCC1. The lowest BCUT2D eigenvalue weighted by Gasteiger charge is -2.20. The highest BCUT2D eigenvalue weighted by Gasteiger charge is 2.22. The minimum absolute atomic E-state index is 0.180. The molecule has 2 fully saturated rings. The Kier molecular flexibility index (Phi) is 8.95. The van der Waals surface area contributed by atoms with Gasteiger partial charge in [0.05, 0.1) is 0 Å². The minimum atomic E-state index is 0.180. The Morgan fingerprint density at radius 2 is 1.71 bits per heavy atom. The standard InChI is InChI=1S/C18H35N5O/c1-19-18(20-11-6-8-17(24)22-16-9-10-16)21-12-7-15-23-13-4-2-3-5-14-23/h16H,2-15H2,1H3,(H,22,24)(H2,19,20,21). The Balaban J connectivity index is 1.46. The van der Waals surface area contributed by atoms with E-state index in [1.807, 2.05) is 0 Å². The van der Waals surface area contributed by atoms with Crippen LogP contribution in [0.25, 0.3) is 0 Å². The van der Waals surface area contributed by atoms with Gasteiger partial charge in [-0.25, -0.2) is 0 Å². The van der Waals surface area contributed by atoms with Crippen LogP contribution in [0.5, 0.6) is 0 Å². The van der Waals surface area contributed by atoms with E-state index >= 15 is 0 Å². The van der Waals surface area contributed by atoms with Gasteiger partial charge in [-0.3, -0.25) is 9.79 Å². The summed E-state index contributed by atoms with van der Waals surface area (Å²) >= 11 is 0. The van der Waals surface area contributed by atoms with Crippen molar-refractivity contribution in [3.8, 4) is 0 Å². The smallest absolute Gasteiger partial charge is 0.220 e. The number of amides is 1. The van der Waals surface area contributed by atoms with E-state index in [-0.39, 0.29) is 5.91 Å². The van der Waals surface area contributed by atoms with Crippen LogP contribution in [0, 0.1) is 0 Å². The summed E-state index contributed by atoms with van der Waals surface area (Å²) in [6.07, 6.45) is 10.4. The molecule has 24 heavy (non-hydrogen) atoms. The van der Waals surface area contributed by atoms with E-state index in [1.165, 1.54) is 45.3 Å². The third-order valence-corrected chi connectivity index (χ3v) is 4.68. The number of rotatable bonds is 9. The summed E-state index contributed by atoms with van der Waals surface area (Å²) in [6.45, 7) is 5.42. The summed E-state index contributed by atoms with van der Waals surface area (Å²) < 4.78 is 0. The molecule has 0 spiro atoms. The van der Waals surface area contributed by atoms with Crippen LogP contribution >= 0.6 is 0 Å². The molecule has 1 saturated heterocycles. The molecule has 2 aliphatic rings. The van der Waals surface area contributed by atoms with Gasteiger partial charge in [0.25, 0.3) is 0 Å². The molecule has 1 saturated carbocycles. The molecular formula is C18H35N5O. The number of hydrogen-bond donors (Lipinski definition) is 3. The van der Waals surface area contributed by atoms with Crippen LogP contribution in [0.15, 0.2) is 4.99 Å². The summed E-state index contributed by atoms with van der Waals surface area (Å²) in [7, 11) is 1.80. The minimum Gasteiger partial charge on any atom is -0.356 e. The second kappa shape index (κ2) is 11.3. The van der Waals surface area contributed by atoms with Crippen LogP contribution in [0.3, 0.4) is 0 Å². The highest BCUT2D eigenvalue weighted by atomic mass is 16.1. The van der Waals surface area contributed by atoms with E-state index in [0.29, 0.717) is 12.5 Å². The third kappa shape index (κ3) is 8.52. The summed E-state index contributed by atoms with van der Waals surface area (Å²) in [4.78, 5) is 18.4. The van der Waals surface area contributed by atoms with Crippen LogP contribution in [-0.4, -0.2) is 62.6 Å². The maximum Gasteiger partial charge on any atom is 0.220 e. The van der Waals surface area contributed by atoms with Crippen LogP contribution in [-0.2, 0) is 4.79 Å². The highest BCUT2D eigenvalue weighted by molar-refractivity contribution is 5.79. The van der Waals surface area contributed by atoms with Gasteiger partial charge in [-0.05, 0) is 58.2 Å². The molecule has 0 unspecified atom stereocenters. The number of carbonyl (C=O) groups excluding carboxylic acids is 1. The lowest BCUT2D eigenvalue weighted by Crippen LogP contribution is -2.39. The Hall–Kier alpha value is -1.30. The molecule has 0 bridgehead atoms. The van der Waals surface area contributed by atoms with Gasteiger partial charge in [0.1, 0.15) is 0 Å². The zero-order valence-corrected chi connectivity index (χ0v) is 15.3. The molecule has 1 aliphatic carbocycles. The summed E-state index contributed by atoms with van der Waals surface area (Å²) in [5.74, 6) is 1.02. The van der Waals surface area contributed by atoms with E-state index in [9.17, 15) is 4.79 Å². The molecule has 0 atom stereocenters. The molecule has 1 amide bonds. The van der Waals surface area contributed by atoms with Crippen molar-refractivity contribution in [2.45, 2.75) is 63.8 Å². The van der Waals surface area contributed by atoms with E-state index in [0.717, 1.165) is 44.7 Å². The van der Waals surface area contributed by atoms with Gasteiger partial charge < -0.3 is 20.9 Å².